The predicted molar refractivity (Wildman–Crippen MR) is 60.9 cm³/mol. The molecule has 3 rings (SSSR count). The molecule has 0 aliphatic heterocycles. The molecule has 0 heterocycles. The predicted octanol–water partition coefficient (Wildman–Crippen LogP) is 2.87. The fraction of sp³-hybridized carbons (Fsp3) is 0.143. The maximum Gasteiger partial charge on any atom is 0.144 e. The van der Waals surface area contributed by atoms with Crippen LogP contribution in [0.4, 0.5) is 4.39 Å². The molecule has 0 fully saturated rings. The van der Waals surface area contributed by atoms with Crippen LogP contribution in [0.15, 0.2) is 48.5 Å². The van der Waals surface area contributed by atoms with Gasteiger partial charge < -0.3 is 5.11 Å². The molecule has 1 aliphatic carbocycles. The molecule has 2 aromatic rings. The van der Waals surface area contributed by atoms with Gasteiger partial charge in [0, 0.05) is 0 Å². The number of aliphatic hydroxyl groups is 1. The van der Waals surface area contributed by atoms with Crippen molar-refractivity contribution in [3.05, 3.63) is 59.7 Å². The van der Waals surface area contributed by atoms with Gasteiger partial charge in [-0.25, -0.2) is 4.39 Å². The third-order valence-corrected chi connectivity index (χ3v) is 3.23. The first-order chi connectivity index (χ1) is 7.77. The zero-order valence-corrected chi connectivity index (χ0v) is 8.65. The first-order valence-corrected chi connectivity index (χ1v) is 5.25. The Bertz CT molecular complexity index is 502. The van der Waals surface area contributed by atoms with Crippen LogP contribution in [-0.4, -0.2) is 11.8 Å². The molecule has 0 unspecified atom stereocenters. The van der Waals surface area contributed by atoms with Crippen LogP contribution in [-0.2, 0) is 5.60 Å². The Morgan fingerprint density at radius 2 is 1.31 bits per heavy atom. The Labute approximate surface area is 93.2 Å². The van der Waals surface area contributed by atoms with Crippen LogP contribution in [0.5, 0.6) is 0 Å². The molecule has 0 atom stereocenters. The summed E-state index contributed by atoms with van der Waals surface area (Å²) in [6.45, 7) is -0.791. The lowest BCUT2D eigenvalue weighted by Gasteiger charge is -2.21. The highest BCUT2D eigenvalue weighted by Crippen LogP contribution is 2.47. The SMILES string of the molecule is OC1(CF)c2ccccc2-c2ccccc21. The number of rotatable bonds is 1. The van der Waals surface area contributed by atoms with Crippen LogP contribution in [0.1, 0.15) is 11.1 Å². The van der Waals surface area contributed by atoms with Crippen molar-refractivity contribution in [2.24, 2.45) is 0 Å². The summed E-state index contributed by atoms with van der Waals surface area (Å²) in [5.41, 5.74) is 1.72. The average molecular weight is 214 g/mol. The molecule has 80 valence electrons. The summed E-state index contributed by atoms with van der Waals surface area (Å²) in [4.78, 5) is 0. The standard InChI is InChI=1S/C14H11FO/c15-9-14(16)12-7-3-1-5-10(12)11-6-2-4-8-13(11)14/h1-8,16H,9H2. The Morgan fingerprint density at radius 1 is 0.875 bits per heavy atom. The number of benzene rings is 2. The molecule has 1 nitrogen and oxygen atoms in total. The minimum atomic E-state index is -1.47. The van der Waals surface area contributed by atoms with E-state index in [1.54, 1.807) is 12.1 Å². The van der Waals surface area contributed by atoms with Gasteiger partial charge in [0.25, 0.3) is 0 Å². The zero-order chi connectivity index (χ0) is 11.2. The topological polar surface area (TPSA) is 20.2 Å². The van der Waals surface area contributed by atoms with Crippen molar-refractivity contribution in [1.82, 2.24) is 0 Å². The largest absolute Gasteiger partial charge is 0.378 e. The molecule has 2 aromatic carbocycles. The average Bonchev–Trinajstić information content (AvgIpc) is 2.62. The Morgan fingerprint density at radius 3 is 1.75 bits per heavy atom. The molecular weight excluding hydrogens is 203 g/mol. The van der Waals surface area contributed by atoms with Crippen molar-refractivity contribution in [1.29, 1.82) is 0 Å². The lowest BCUT2D eigenvalue weighted by molar-refractivity contribution is 0.0562. The van der Waals surface area contributed by atoms with E-state index in [0.29, 0.717) is 11.1 Å². The fourth-order valence-electron chi connectivity index (χ4n) is 2.45. The lowest BCUT2D eigenvalue weighted by atomic mass is 9.93. The highest BCUT2D eigenvalue weighted by molar-refractivity contribution is 5.79. The normalized spacial score (nSPS) is 15.6. The summed E-state index contributed by atoms with van der Waals surface area (Å²) in [5.74, 6) is 0. The first kappa shape index (κ1) is 9.55. The minimum Gasteiger partial charge on any atom is -0.378 e. The Hall–Kier alpha value is -1.67. The molecule has 0 saturated heterocycles. The van der Waals surface area contributed by atoms with Gasteiger partial charge >= 0.3 is 0 Å². The number of hydrogen-bond acceptors (Lipinski definition) is 1. The molecular formula is C14H11FO. The van der Waals surface area contributed by atoms with Crippen molar-refractivity contribution in [3.63, 3.8) is 0 Å². The van der Waals surface area contributed by atoms with E-state index in [1.807, 2.05) is 36.4 Å². The van der Waals surface area contributed by atoms with Crippen molar-refractivity contribution in [2.45, 2.75) is 5.60 Å². The van der Waals surface area contributed by atoms with E-state index in [-0.39, 0.29) is 0 Å². The second kappa shape index (κ2) is 3.16. The molecule has 2 heteroatoms. The van der Waals surface area contributed by atoms with E-state index in [2.05, 4.69) is 0 Å². The summed E-state index contributed by atoms with van der Waals surface area (Å²) in [6.07, 6.45) is 0. The van der Waals surface area contributed by atoms with Crippen molar-refractivity contribution in [3.8, 4) is 11.1 Å². The van der Waals surface area contributed by atoms with Gasteiger partial charge in [-0.3, -0.25) is 0 Å². The first-order valence-electron chi connectivity index (χ1n) is 5.25. The fourth-order valence-corrected chi connectivity index (χ4v) is 2.45. The van der Waals surface area contributed by atoms with Gasteiger partial charge in [0.1, 0.15) is 12.3 Å². The van der Waals surface area contributed by atoms with Gasteiger partial charge in [-0.15, -0.1) is 0 Å². The Balaban J connectivity index is 2.39. The van der Waals surface area contributed by atoms with Crippen LogP contribution in [0.25, 0.3) is 11.1 Å². The molecule has 1 N–H and O–H groups in total. The van der Waals surface area contributed by atoms with E-state index in [4.69, 9.17) is 0 Å². The summed E-state index contributed by atoms with van der Waals surface area (Å²) < 4.78 is 13.2. The number of fused-ring (bicyclic) bond motifs is 3. The van der Waals surface area contributed by atoms with Gasteiger partial charge in [0.2, 0.25) is 0 Å². The molecule has 0 amide bonds. The van der Waals surface area contributed by atoms with Gasteiger partial charge in [0.05, 0.1) is 0 Å². The van der Waals surface area contributed by atoms with E-state index < -0.39 is 12.3 Å². The maximum atomic E-state index is 13.2. The van der Waals surface area contributed by atoms with E-state index in [9.17, 15) is 9.50 Å². The smallest absolute Gasteiger partial charge is 0.144 e. The monoisotopic (exact) mass is 214 g/mol. The third-order valence-electron chi connectivity index (χ3n) is 3.23. The quantitative estimate of drug-likeness (QED) is 0.773. The molecule has 0 aromatic heterocycles. The summed E-state index contributed by atoms with van der Waals surface area (Å²) in [7, 11) is 0. The maximum absolute atomic E-state index is 13.2. The number of hydrogen-bond donors (Lipinski definition) is 1. The van der Waals surface area contributed by atoms with E-state index in [0.717, 1.165) is 11.1 Å². The second-order valence-corrected chi connectivity index (χ2v) is 4.09. The van der Waals surface area contributed by atoms with Crippen molar-refractivity contribution in [2.75, 3.05) is 6.67 Å². The van der Waals surface area contributed by atoms with Crippen molar-refractivity contribution >= 4 is 0 Å². The number of halogens is 1. The van der Waals surface area contributed by atoms with Gasteiger partial charge in [0.15, 0.2) is 0 Å². The molecule has 1 aliphatic rings. The molecule has 0 spiro atoms. The van der Waals surface area contributed by atoms with Crippen LogP contribution >= 0.6 is 0 Å². The summed E-state index contributed by atoms with van der Waals surface area (Å²) >= 11 is 0. The highest BCUT2D eigenvalue weighted by atomic mass is 19.1. The number of alkyl halides is 1. The summed E-state index contributed by atoms with van der Waals surface area (Å²) in [6, 6.07) is 14.9. The van der Waals surface area contributed by atoms with Crippen LogP contribution in [0, 0.1) is 0 Å². The van der Waals surface area contributed by atoms with Gasteiger partial charge in [-0.05, 0) is 22.3 Å². The summed E-state index contributed by atoms with van der Waals surface area (Å²) in [5, 5.41) is 10.4. The highest BCUT2D eigenvalue weighted by Gasteiger charge is 2.41. The zero-order valence-electron chi connectivity index (χ0n) is 8.65. The van der Waals surface area contributed by atoms with E-state index in [1.165, 1.54) is 0 Å². The van der Waals surface area contributed by atoms with Crippen LogP contribution in [0.3, 0.4) is 0 Å². The van der Waals surface area contributed by atoms with E-state index >= 15 is 0 Å². The minimum absolute atomic E-state index is 0.665. The lowest BCUT2D eigenvalue weighted by Crippen LogP contribution is -2.26. The molecule has 16 heavy (non-hydrogen) atoms. The molecule has 0 bridgehead atoms. The van der Waals surface area contributed by atoms with Gasteiger partial charge in [-0.2, -0.15) is 0 Å². The molecule has 0 saturated carbocycles. The Kier molecular flexibility index (Phi) is 1.88. The third kappa shape index (κ3) is 1.02. The van der Waals surface area contributed by atoms with Crippen molar-refractivity contribution < 1.29 is 9.50 Å². The van der Waals surface area contributed by atoms with Crippen LogP contribution in [0.2, 0.25) is 0 Å². The second-order valence-electron chi connectivity index (χ2n) is 4.09. The van der Waals surface area contributed by atoms with Crippen LogP contribution < -0.4 is 0 Å². The molecule has 0 radical (unpaired) electrons. The van der Waals surface area contributed by atoms with Gasteiger partial charge in [-0.1, -0.05) is 48.5 Å².